The molecule has 240 valence electrons. The van der Waals surface area contributed by atoms with Gasteiger partial charge in [-0.3, -0.25) is 9.59 Å². The molecule has 9 heteroatoms. The minimum Gasteiger partial charge on any atom is -0.463 e. The lowest BCUT2D eigenvalue weighted by Gasteiger charge is -2.37. The van der Waals surface area contributed by atoms with E-state index in [1.165, 1.54) is 0 Å². The number of nitrogens with one attached hydrogen (secondary N) is 2. The molecule has 3 aliphatic carbocycles. The van der Waals surface area contributed by atoms with E-state index in [2.05, 4.69) is 36.6 Å². The smallest absolute Gasteiger partial charge is 0.350 e. The number of ether oxygens (including phenoxy) is 2. The summed E-state index contributed by atoms with van der Waals surface area (Å²) in [6.07, 6.45) is 13.0. The van der Waals surface area contributed by atoms with Gasteiger partial charge in [-0.1, -0.05) is 44.4 Å². The summed E-state index contributed by atoms with van der Waals surface area (Å²) in [5.41, 5.74) is 4.27. The number of ketones is 2. The number of aliphatic hydroxyl groups excluding tert-OH is 1. The summed E-state index contributed by atoms with van der Waals surface area (Å²) in [6.45, 7) is 7.78. The number of allylic oxidation sites excluding steroid dienone is 2. The summed E-state index contributed by atoms with van der Waals surface area (Å²) >= 11 is 0. The molecule has 0 amide bonds. The van der Waals surface area contributed by atoms with Crippen molar-refractivity contribution in [3.8, 4) is 0 Å². The lowest BCUT2D eigenvalue weighted by molar-refractivity contribution is -0.160. The third kappa shape index (κ3) is 6.17. The van der Waals surface area contributed by atoms with Gasteiger partial charge in [0.2, 0.25) is 0 Å². The Morgan fingerprint density at radius 2 is 1.88 bits per heavy atom. The predicted octanol–water partition coefficient (Wildman–Crippen LogP) is 3.34. The minimum absolute atomic E-state index is 0.00515. The van der Waals surface area contributed by atoms with Crippen LogP contribution in [0.15, 0.2) is 23.3 Å². The van der Waals surface area contributed by atoms with Crippen molar-refractivity contribution >= 4 is 17.5 Å². The maximum atomic E-state index is 14.2. The summed E-state index contributed by atoms with van der Waals surface area (Å²) in [7, 11) is 0. The largest absolute Gasteiger partial charge is 0.463 e. The van der Waals surface area contributed by atoms with Gasteiger partial charge in [0.05, 0.1) is 19.4 Å². The summed E-state index contributed by atoms with van der Waals surface area (Å²) in [4.78, 5) is 42.3. The van der Waals surface area contributed by atoms with Crippen molar-refractivity contribution in [3.05, 3.63) is 23.3 Å². The Bertz CT molecular complexity index is 1120. The molecule has 0 bridgehead atoms. The van der Waals surface area contributed by atoms with Crippen LogP contribution < -0.4 is 16.4 Å². The Kier molecular flexibility index (Phi) is 10.3. The average Bonchev–Trinajstić information content (AvgIpc) is 3.72. The quantitative estimate of drug-likeness (QED) is 0.115. The van der Waals surface area contributed by atoms with Gasteiger partial charge in [-0.25, -0.2) is 4.79 Å². The molecule has 2 aliphatic heterocycles. The van der Waals surface area contributed by atoms with Crippen LogP contribution in [0.5, 0.6) is 0 Å². The van der Waals surface area contributed by atoms with Gasteiger partial charge < -0.3 is 30.9 Å². The second kappa shape index (κ2) is 13.6. The minimum atomic E-state index is -1.91. The molecule has 4 fully saturated rings. The first-order valence-electron chi connectivity index (χ1n) is 16.9. The van der Waals surface area contributed by atoms with Crippen LogP contribution in [0.2, 0.25) is 0 Å². The highest BCUT2D eigenvalue weighted by Gasteiger charge is 2.87. The highest BCUT2D eigenvalue weighted by atomic mass is 16.7. The number of piperidine rings is 1. The zero-order valence-electron chi connectivity index (χ0n) is 26.4. The molecule has 5 rings (SSSR count). The highest BCUT2D eigenvalue weighted by molar-refractivity contribution is 6.23. The predicted molar refractivity (Wildman–Crippen MR) is 164 cm³/mol. The Morgan fingerprint density at radius 1 is 1.14 bits per heavy atom. The van der Waals surface area contributed by atoms with Crippen LogP contribution in [0, 0.1) is 29.6 Å². The van der Waals surface area contributed by atoms with Gasteiger partial charge in [0, 0.05) is 30.2 Å². The Labute approximate surface area is 256 Å². The van der Waals surface area contributed by atoms with Crippen molar-refractivity contribution in [2.75, 3.05) is 26.3 Å². The third-order valence-corrected chi connectivity index (χ3v) is 11.2. The second-order valence-corrected chi connectivity index (χ2v) is 13.8. The number of carbonyl (C=O) groups is 3. The fraction of sp³-hybridized carbons (Fsp3) is 0.794. The fourth-order valence-electron chi connectivity index (χ4n) is 8.40. The Balaban J connectivity index is 1.36. The van der Waals surface area contributed by atoms with E-state index in [9.17, 15) is 19.5 Å². The van der Waals surface area contributed by atoms with Crippen LogP contribution in [0.3, 0.4) is 0 Å². The number of Topliss-reactive ketones (excluding diaryl/α,β-unsaturated/α-hetero) is 2. The van der Waals surface area contributed by atoms with Gasteiger partial charge in [-0.2, -0.15) is 0 Å². The van der Waals surface area contributed by atoms with E-state index in [1.54, 1.807) is 0 Å². The lowest BCUT2D eigenvalue weighted by atomic mass is 9.60. The SMILES string of the molecule is CCNC1C=CC(CC)CC1COC(=O)C12OC1(CC(CO)=C(C)CCC1CCNC(N)C1)C(=O)C1CCCCC1C2=O. The molecule has 0 aromatic carbocycles. The Morgan fingerprint density at radius 3 is 2.56 bits per heavy atom. The first-order valence-corrected chi connectivity index (χ1v) is 16.9. The molecule has 2 heterocycles. The van der Waals surface area contributed by atoms with Crippen molar-refractivity contribution in [3.63, 3.8) is 0 Å². The second-order valence-electron chi connectivity index (χ2n) is 13.8. The number of hydrogen-bond acceptors (Lipinski definition) is 9. The summed E-state index contributed by atoms with van der Waals surface area (Å²) in [5.74, 6) is -1.16. The molecule has 2 saturated carbocycles. The van der Waals surface area contributed by atoms with Crippen molar-refractivity contribution in [1.82, 2.24) is 10.6 Å². The Hall–Kier alpha value is -1.91. The van der Waals surface area contributed by atoms with E-state index in [0.29, 0.717) is 30.3 Å². The van der Waals surface area contributed by atoms with E-state index in [-0.39, 0.29) is 49.3 Å². The van der Waals surface area contributed by atoms with E-state index >= 15 is 0 Å². The molecule has 0 aromatic rings. The van der Waals surface area contributed by atoms with Gasteiger partial charge in [0.15, 0.2) is 17.2 Å². The fourth-order valence-corrected chi connectivity index (χ4v) is 8.40. The molecular weight excluding hydrogens is 546 g/mol. The third-order valence-electron chi connectivity index (χ3n) is 11.2. The van der Waals surface area contributed by atoms with E-state index in [4.69, 9.17) is 15.2 Å². The van der Waals surface area contributed by atoms with Gasteiger partial charge >= 0.3 is 5.97 Å². The number of fused-ring (bicyclic) bond motifs is 2. The zero-order chi connectivity index (χ0) is 30.8. The topological polar surface area (TPSA) is 143 Å². The van der Waals surface area contributed by atoms with Gasteiger partial charge in [-0.05, 0) is 88.8 Å². The van der Waals surface area contributed by atoms with Crippen LogP contribution in [-0.2, 0) is 23.9 Å². The normalized spacial score (nSPS) is 39.5. The number of carbonyl (C=O) groups excluding carboxylic acids is 3. The number of hydrogen-bond donors (Lipinski definition) is 4. The van der Waals surface area contributed by atoms with E-state index < -0.39 is 29.0 Å². The molecule has 0 radical (unpaired) electrons. The number of nitrogens with two attached hydrogens (primary N) is 1. The van der Waals surface area contributed by atoms with Crippen LogP contribution in [0.1, 0.15) is 91.4 Å². The first-order chi connectivity index (χ1) is 20.7. The van der Waals surface area contributed by atoms with Crippen LogP contribution in [0.25, 0.3) is 0 Å². The molecule has 2 saturated heterocycles. The monoisotopic (exact) mass is 599 g/mol. The molecule has 9 unspecified atom stereocenters. The van der Waals surface area contributed by atoms with Crippen LogP contribution in [-0.4, -0.2) is 72.4 Å². The average molecular weight is 600 g/mol. The standard InChI is InChI=1S/C34H53N3O6/c1-4-22-12-13-28(36-5-2)24(16-22)20-42-32(41)34-31(40)27-9-7-6-8-26(27)30(39)33(34,43-34)18-25(19-38)21(3)10-11-23-14-15-37-29(35)17-23/h12-13,22-24,26-29,36-38H,4-11,14-20,35H2,1-3H3. The van der Waals surface area contributed by atoms with Gasteiger partial charge in [0.25, 0.3) is 5.60 Å². The number of rotatable bonds is 12. The number of likely N-dealkylation sites (N-methyl/N-ethyl adjacent to an activating group) is 1. The molecule has 5 aliphatic rings. The number of aliphatic hydroxyl groups is 1. The summed E-state index contributed by atoms with van der Waals surface area (Å²) in [6, 6.07) is 0.0791. The van der Waals surface area contributed by atoms with Gasteiger partial charge in [0.1, 0.15) is 0 Å². The molecular formula is C34H53N3O6. The van der Waals surface area contributed by atoms with E-state index in [0.717, 1.165) is 70.0 Å². The van der Waals surface area contributed by atoms with Crippen LogP contribution >= 0.6 is 0 Å². The van der Waals surface area contributed by atoms with E-state index in [1.807, 2.05) is 6.92 Å². The van der Waals surface area contributed by atoms with Crippen molar-refractivity contribution in [2.45, 2.75) is 115 Å². The molecule has 43 heavy (non-hydrogen) atoms. The molecule has 9 atom stereocenters. The lowest BCUT2D eigenvalue weighted by Crippen LogP contribution is -2.58. The molecule has 0 spiro atoms. The summed E-state index contributed by atoms with van der Waals surface area (Å²) in [5, 5.41) is 17.2. The van der Waals surface area contributed by atoms with Crippen molar-refractivity contribution in [1.29, 1.82) is 0 Å². The summed E-state index contributed by atoms with van der Waals surface area (Å²) < 4.78 is 12.2. The zero-order valence-corrected chi connectivity index (χ0v) is 26.4. The molecule has 9 nitrogen and oxygen atoms in total. The molecule has 0 aromatic heterocycles. The van der Waals surface area contributed by atoms with Gasteiger partial charge in [-0.15, -0.1) is 0 Å². The highest BCUT2D eigenvalue weighted by Crippen LogP contribution is 2.62. The maximum absolute atomic E-state index is 14.2. The van der Waals surface area contributed by atoms with Crippen LogP contribution in [0.4, 0.5) is 0 Å². The molecule has 5 N–H and O–H groups in total. The number of esters is 1. The van der Waals surface area contributed by atoms with Crippen molar-refractivity contribution in [2.24, 2.45) is 35.3 Å². The van der Waals surface area contributed by atoms with Crippen molar-refractivity contribution < 1.29 is 29.0 Å². The first kappa shape index (κ1) is 32.5. The maximum Gasteiger partial charge on any atom is 0.350 e. The number of epoxide rings is 1.